The minimum absolute atomic E-state index is 0.108. The summed E-state index contributed by atoms with van der Waals surface area (Å²) >= 11 is 6.10. The number of amides is 1. The molecule has 0 unspecified atom stereocenters. The van der Waals surface area contributed by atoms with Crippen molar-refractivity contribution in [2.24, 2.45) is 0 Å². The van der Waals surface area contributed by atoms with Gasteiger partial charge in [-0.05, 0) is 54.4 Å². The van der Waals surface area contributed by atoms with Crippen LogP contribution in [0.4, 0.5) is 10.1 Å². The van der Waals surface area contributed by atoms with Crippen LogP contribution in [-0.2, 0) is 21.2 Å². The lowest BCUT2D eigenvalue weighted by Crippen LogP contribution is -2.45. The molecule has 0 saturated heterocycles. The van der Waals surface area contributed by atoms with Crippen molar-refractivity contribution >= 4 is 33.2 Å². The quantitative estimate of drug-likeness (QED) is 0.529. The van der Waals surface area contributed by atoms with Gasteiger partial charge in [0.2, 0.25) is 15.9 Å². The first kappa shape index (κ1) is 22.7. The van der Waals surface area contributed by atoms with E-state index in [2.05, 4.69) is 10.0 Å². The zero-order chi connectivity index (χ0) is 22.4. The zero-order valence-corrected chi connectivity index (χ0v) is 18.1. The Bertz CT molecular complexity index is 1160. The van der Waals surface area contributed by atoms with Crippen LogP contribution in [0.3, 0.4) is 0 Å². The van der Waals surface area contributed by atoms with Crippen LogP contribution in [-0.4, -0.2) is 27.5 Å². The Morgan fingerprint density at radius 3 is 2.35 bits per heavy atom. The number of rotatable bonds is 8. The van der Waals surface area contributed by atoms with E-state index in [1.165, 1.54) is 13.2 Å². The highest BCUT2D eigenvalue weighted by Crippen LogP contribution is 2.27. The molecule has 162 valence electrons. The zero-order valence-electron chi connectivity index (χ0n) is 16.5. The van der Waals surface area contributed by atoms with E-state index in [9.17, 15) is 17.6 Å². The van der Waals surface area contributed by atoms with E-state index in [-0.39, 0.29) is 11.3 Å². The largest absolute Gasteiger partial charge is 0.495 e. The molecule has 0 fully saturated rings. The predicted molar refractivity (Wildman–Crippen MR) is 117 cm³/mol. The number of benzene rings is 3. The Morgan fingerprint density at radius 1 is 1.06 bits per heavy atom. The summed E-state index contributed by atoms with van der Waals surface area (Å²) in [6.45, 7) is 0. The lowest BCUT2D eigenvalue weighted by atomic mass is 10.1. The first-order valence-corrected chi connectivity index (χ1v) is 11.1. The van der Waals surface area contributed by atoms with Crippen molar-refractivity contribution in [3.63, 3.8) is 0 Å². The molecular formula is C22H20ClFN2O4S. The molecule has 3 rings (SSSR count). The molecule has 1 atom stereocenters. The maximum atomic E-state index is 13.2. The van der Waals surface area contributed by atoms with E-state index in [0.29, 0.717) is 16.5 Å². The van der Waals surface area contributed by atoms with Crippen LogP contribution in [0.1, 0.15) is 5.56 Å². The SMILES string of the molecule is COc1ccc(NC(=O)[C@H](Cc2ccccc2)NS(=O)(=O)c2ccc(F)cc2)cc1Cl. The number of ether oxygens (including phenoxy) is 1. The summed E-state index contributed by atoms with van der Waals surface area (Å²) in [5.74, 6) is -0.692. The molecule has 9 heteroatoms. The van der Waals surface area contributed by atoms with Crippen molar-refractivity contribution in [2.75, 3.05) is 12.4 Å². The summed E-state index contributed by atoms with van der Waals surface area (Å²) in [6.07, 6.45) is 0.108. The standard InChI is InChI=1S/C22H20ClFN2O4S/c1-30-21-12-9-17(14-19(21)23)25-22(27)20(13-15-5-3-2-4-6-15)26-31(28,29)18-10-7-16(24)8-11-18/h2-12,14,20,26H,13H2,1H3,(H,25,27)/t20-/m0/s1. The molecule has 0 spiro atoms. The molecule has 1 amide bonds. The summed E-state index contributed by atoms with van der Waals surface area (Å²) < 4.78 is 46.3. The molecule has 0 bridgehead atoms. The molecule has 0 aromatic heterocycles. The van der Waals surface area contributed by atoms with Crippen LogP contribution in [0.5, 0.6) is 5.75 Å². The first-order valence-electron chi connectivity index (χ1n) is 9.25. The summed E-state index contributed by atoms with van der Waals surface area (Å²) in [7, 11) is -2.60. The molecular weight excluding hydrogens is 443 g/mol. The Labute approximate surface area is 185 Å². The average molecular weight is 463 g/mol. The van der Waals surface area contributed by atoms with Gasteiger partial charge in [0.25, 0.3) is 0 Å². The van der Waals surface area contributed by atoms with Crippen LogP contribution in [0, 0.1) is 5.82 Å². The predicted octanol–water partition coefficient (Wildman–Crippen LogP) is 4.02. The number of carbonyl (C=O) groups excluding carboxylic acids is 1. The fourth-order valence-corrected chi connectivity index (χ4v) is 4.33. The minimum atomic E-state index is -4.08. The second-order valence-corrected chi connectivity index (χ2v) is 8.78. The second kappa shape index (κ2) is 9.91. The van der Waals surface area contributed by atoms with Crippen molar-refractivity contribution < 1.29 is 22.3 Å². The van der Waals surface area contributed by atoms with Crippen LogP contribution < -0.4 is 14.8 Å². The normalized spacial score (nSPS) is 12.2. The third-order valence-corrected chi connectivity index (χ3v) is 6.22. The van der Waals surface area contributed by atoms with E-state index in [1.54, 1.807) is 36.4 Å². The van der Waals surface area contributed by atoms with Gasteiger partial charge in [-0.15, -0.1) is 0 Å². The Balaban J connectivity index is 1.85. The maximum absolute atomic E-state index is 13.2. The summed E-state index contributed by atoms with van der Waals surface area (Å²) in [4.78, 5) is 12.8. The van der Waals surface area contributed by atoms with Gasteiger partial charge >= 0.3 is 0 Å². The number of nitrogens with one attached hydrogen (secondary N) is 2. The third kappa shape index (κ3) is 6.04. The van der Waals surface area contributed by atoms with Gasteiger partial charge in [-0.3, -0.25) is 4.79 Å². The van der Waals surface area contributed by atoms with Gasteiger partial charge in [0.1, 0.15) is 17.6 Å². The van der Waals surface area contributed by atoms with Gasteiger partial charge in [-0.25, -0.2) is 12.8 Å². The van der Waals surface area contributed by atoms with E-state index >= 15 is 0 Å². The van der Waals surface area contributed by atoms with Crippen molar-refractivity contribution in [2.45, 2.75) is 17.4 Å². The number of anilines is 1. The maximum Gasteiger partial charge on any atom is 0.242 e. The number of hydrogen-bond acceptors (Lipinski definition) is 4. The number of sulfonamides is 1. The van der Waals surface area contributed by atoms with E-state index in [4.69, 9.17) is 16.3 Å². The molecule has 0 aliphatic rings. The summed E-state index contributed by atoms with van der Waals surface area (Å²) in [5, 5.41) is 2.97. The highest BCUT2D eigenvalue weighted by atomic mass is 35.5. The van der Waals surface area contributed by atoms with E-state index in [1.807, 2.05) is 6.07 Å². The highest BCUT2D eigenvalue weighted by Gasteiger charge is 2.26. The topological polar surface area (TPSA) is 84.5 Å². The molecule has 3 aromatic rings. The van der Waals surface area contributed by atoms with Crippen LogP contribution in [0.2, 0.25) is 5.02 Å². The molecule has 0 saturated carbocycles. The van der Waals surface area contributed by atoms with Crippen LogP contribution >= 0.6 is 11.6 Å². The van der Waals surface area contributed by atoms with Gasteiger partial charge in [0, 0.05) is 5.69 Å². The number of halogens is 2. The number of methoxy groups -OCH3 is 1. The van der Waals surface area contributed by atoms with Gasteiger partial charge in [-0.1, -0.05) is 41.9 Å². The lowest BCUT2D eigenvalue weighted by Gasteiger charge is -2.19. The fourth-order valence-electron chi connectivity index (χ4n) is 2.88. The third-order valence-electron chi connectivity index (χ3n) is 4.44. The van der Waals surface area contributed by atoms with Crippen molar-refractivity contribution in [3.05, 3.63) is 89.2 Å². The number of hydrogen-bond donors (Lipinski definition) is 2. The Hall–Kier alpha value is -2.94. The lowest BCUT2D eigenvalue weighted by molar-refractivity contribution is -0.117. The molecule has 2 N–H and O–H groups in total. The van der Waals surface area contributed by atoms with Crippen molar-refractivity contribution in [1.29, 1.82) is 0 Å². The van der Waals surface area contributed by atoms with Crippen molar-refractivity contribution in [3.8, 4) is 5.75 Å². The number of carbonyl (C=O) groups is 1. The summed E-state index contributed by atoms with van der Waals surface area (Å²) in [6, 6.07) is 16.9. The van der Waals surface area contributed by atoms with Gasteiger partial charge in [0.05, 0.1) is 17.0 Å². The van der Waals surface area contributed by atoms with Gasteiger partial charge < -0.3 is 10.1 Å². The molecule has 0 aliphatic carbocycles. The van der Waals surface area contributed by atoms with E-state index in [0.717, 1.165) is 29.8 Å². The van der Waals surface area contributed by atoms with Crippen molar-refractivity contribution in [1.82, 2.24) is 4.72 Å². The molecule has 0 heterocycles. The molecule has 0 aliphatic heterocycles. The molecule has 6 nitrogen and oxygen atoms in total. The molecule has 0 radical (unpaired) electrons. The smallest absolute Gasteiger partial charge is 0.242 e. The Kier molecular flexibility index (Phi) is 7.27. The summed E-state index contributed by atoms with van der Waals surface area (Å²) in [5.41, 5.74) is 1.15. The molecule has 31 heavy (non-hydrogen) atoms. The second-order valence-electron chi connectivity index (χ2n) is 6.66. The van der Waals surface area contributed by atoms with Crippen LogP contribution in [0.25, 0.3) is 0 Å². The first-order chi connectivity index (χ1) is 14.8. The van der Waals surface area contributed by atoms with E-state index < -0.39 is 27.8 Å². The average Bonchev–Trinajstić information content (AvgIpc) is 2.74. The fraction of sp³-hybridized carbons (Fsp3) is 0.136. The molecule has 3 aromatic carbocycles. The van der Waals surface area contributed by atoms with Gasteiger partial charge in [0.15, 0.2) is 0 Å². The monoisotopic (exact) mass is 462 g/mol. The highest BCUT2D eigenvalue weighted by molar-refractivity contribution is 7.89. The minimum Gasteiger partial charge on any atom is -0.495 e. The Morgan fingerprint density at radius 2 is 1.74 bits per heavy atom. The van der Waals surface area contributed by atoms with Gasteiger partial charge in [-0.2, -0.15) is 4.72 Å². The van der Waals surface area contributed by atoms with Crippen LogP contribution in [0.15, 0.2) is 77.7 Å².